The molecule has 5 heteroatoms. The third-order valence-corrected chi connectivity index (χ3v) is 3.73. The SMILES string of the molecule is CCOC(=O)CCc1ccc(OCC2CCCNC2)cc1.Cl. The maximum absolute atomic E-state index is 11.3. The first-order valence-corrected chi connectivity index (χ1v) is 7.86. The van der Waals surface area contributed by atoms with Gasteiger partial charge in [-0.25, -0.2) is 0 Å². The summed E-state index contributed by atoms with van der Waals surface area (Å²) in [7, 11) is 0. The summed E-state index contributed by atoms with van der Waals surface area (Å²) >= 11 is 0. The van der Waals surface area contributed by atoms with Crippen LogP contribution in [0.4, 0.5) is 0 Å². The van der Waals surface area contributed by atoms with Gasteiger partial charge in [-0.05, 0) is 50.4 Å². The summed E-state index contributed by atoms with van der Waals surface area (Å²) in [6, 6.07) is 8.01. The number of rotatable bonds is 7. The molecule has 0 radical (unpaired) electrons. The molecular formula is C17H26ClNO3. The fraction of sp³-hybridized carbons (Fsp3) is 0.588. The van der Waals surface area contributed by atoms with Crippen molar-refractivity contribution in [3.63, 3.8) is 0 Å². The first-order chi connectivity index (χ1) is 10.3. The van der Waals surface area contributed by atoms with Gasteiger partial charge in [0.2, 0.25) is 0 Å². The van der Waals surface area contributed by atoms with Gasteiger partial charge < -0.3 is 14.8 Å². The normalized spacial score (nSPS) is 17.4. The Kier molecular flexibility index (Phi) is 8.94. The van der Waals surface area contributed by atoms with Gasteiger partial charge in [0.1, 0.15) is 5.75 Å². The molecule has 0 aliphatic carbocycles. The molecule has 0 bridgehead atoms. The van der Waals surface area contributed by atoms with Gasteiger partial charge >= 0.3 is 5.97 Å². The molecule has 1 heterocycles. The van der Waals surface area contributed by atoms with E-state index in [0.29, 0.717) is 25.4 Å². The summed E-state index contributed by atoms with van der Waals surface area (Å²) in [6.45, 7) is 5.23. The minimum Gasteiger partial charge on any atom is -0.493 e. The number of piperidine rings is 1. The number of esters is 1. The molecule has 1 aromatic rings. The van der Waals surface area contributed by atoms with Gasteiger partial charge in [0.25, 0.3) is 0 Å². The Labute approximate surface area is 139 Å². The van der Waals surface area contributed by atoms with Gasteiger partial charge in [0.05, 0.1) is 13.2 Å². The first kappa shape index (κ1) is 18.8. The summed E-state index contributed by atoms with van der Waals surface area (Å²) in [5, 5.41) is 3.39. The molecule has 0 saturated carbocycles. The van der Waals surface area contributed by atoms with E-state index in [9.17, 15) is 4.79 Å². The summed E-state index contributed by atoms with van der Waals surface area (Å²) in [4.78, 5) is 11.3. The van der Waals surface area contributed by atoms with Gasteiger partial charge in [-0.15, -0.1) is 12.4 Å². The van der Waals surface area contributed by atoms with Crippen molar-refractivity contribution in [3.8, 4) is 5.75 Å². The number of benzene rings is 1. The van der Waals surface area contributed by atoms with Gasteiger partial charge in [-0.2, -0.15) is 0 Å². The van der Waals surface area contributed by atoms with Crippen LogP contribution in [0.15, 0.2) is 24.3 Å². The predicted molar refractivity (Wildman–Crippen MR) is 89.7 cm³/mol. The fourth-order valence-corrected chi connectivity index (χ4v) is 2.51. The molecule has 1 N–H and O–H groups in total. The van der Waals surface area contributed by atoms with Crippen molar-refractivity contribution in [1.82, 2.24) is 5.32 Å². The molecule has 22 heavy (non-hydrogen) atoms. The summed E-state index contributed by atoms with van der Waals surface area (Å²) in [6.07, 6.45) is 3.62. The van der Waals surface area contributed by atoms with Crippen LogP contribution in [0.2, 0.25) is 0 Å². The van der Waals surface area contributed by atoms with Crippen LogP contribution in [0.25, 0.3) is 0 Å². The predicted octanol–water partition coefficient (Wildman–Crippen LogP) is 2.98. The van der Waals surface area contributed by atoms with E-state index in [1.807, 2.05) is 31.2 Å². The smallest absolute Gasteiger partial charge is 0.306 e. The average Bonchev–Trinajstić information content (AvgIpc) is 2.53. The Morgan fingerprint density at radius 2 is 2.09 bits per heavy atom. The molecule has 0 aromatic heterocycles. The molecule has 0 amide bonds. The second kappa shape index (κ2) is 10.5. The fourth-order valence-electron chi connectivity index (χ4n) is 2.51. The third-order valence-electron chi connectivity index (χ3n) is 3.73. The highest BCUT2D eigenvalue weighted by atomic mass is 35.5. The number of aryl methyl sites for hydroxylation is 1. The lowest BCUT2D eigenvalue weighted by Gasteiger charge is -2.22. The molecule has 1 fully saturated rings. The largest absolute Gasteiger partial charge is 0.493 e. The van der Waals surface area contributed by atoms with Crippen molar-refractivity contribution in [3.05, 3.63) is 29.8 Å². The molecule has 1 aliphatic heterocycles. The van der Waals surface area contributed by atoms with Crippen LogP contribution in [0, 0.1) is 5.92 Å². The van der Waals surface area contributed by atoms with Crippen molar-refractivity contribution >= 4 is 18.4 Å². The lowest BCUT2D eigenvalue weighted by Crippen LogP contribution is -2.33. The summed E-state index contributed by atoms with van der Waals surface area (Å²) in [5.74, 6) is 1.38. The highest BCUT2D eigenvalue weighted by molar-refractivity contribution is 5.85. The lowest BCUT2D eigenvalue weighted by atomic mass is 10.0. The molecule has 1 saturated heterocycles. The molecular weight excluding hydrogens is 302 g/mol. The van der Waals surface area contributed by atoms with E-state index in [0.717, 1.165) is 31.0 Å². The van der Waals surface area contributed by atoms with Gasteiger partial charge in [0.15, 0.2) is 0 Å². The molecule has 1 aliphatic rings. The monoisotopic (exact) mass is 327 g/mol. The van der Waals surface area contributed by atoms with Crippen molar-refractivity contribution in [2.75, 3.05) is 26.3 Å². The highest BCUT2D eigenvalue weighted by Crippen LogP contribution is 2.16. The second-order valence-corrected chi connectivity index (χ2v) is 5.47. The van der Waals surface area contributed by atoms with Crippen LogP contribution in [0.1, 0.15) is 31.7 Å². The first-order valence-electron chi connectivity index (χ1n) is 7.86. The average molecular weight is 328 g/mol. The van der Waals surface area contributed by atoms with E-state index in [4.69, 9.17) is 9.47 Å². The topological polar surface area (TPSA) is 47.6 Å². The third kappa shape index (κ3) is 6.67. The van der Waals surface area contributed by atoms with E-state index in [-0.39, 0.29) is 18.4 Å². The lowest BCUT2D eigenvalue weighted by molar-refractivity contribution is -0.143. The molecule has 1 unspecified atom stereocenters. The van der Waals surface area contributed by atoms with Crippen molar-refractivity contribution in [2.45, 2.75) is 32.6 Å². The van der Waals surface area contributed by atoms with Crippen LogP contribution in [0.5, 0.6) is 5.75 Å². The zero-order chi connectivity index (χ0) is 14.9. The number of hydrogen-bond acceptors (Lipinski definition) is 4. The van der Waals surface area contributed by atoms with Crippen molar-refractivity contribution in [1.29, 1.82) is 0 Å². The van der Waals surface area contributed by atoms with Crippen LogP contribution < -0.4 is 10.1 Å². The zero-order valence-corrected chi connectivity index (χ0v) is 14.0. The van der Waals surface area contributed by atoms with Gasteiger partial charge in [-0.3, -0.25) is 4.79 Å². The second-order valence-electron chi connectivity index (χ2n) is 5.47. The molecule has 1 aromatic carbocycles. The van der Waals surface area contributed by atoms with E-state index >= 15 is 0 Å². The summed E-state index contributed by atoms with van der Waals surface area (Å²) < 4.78 is 10.8. The minimum absolute atomic E-state index is 0. The van der Waals surface area contributed by atoms with E-state index < -0.39 is 0 Å². The van der Waals surface area contributed by atoms with Gasteiger partial charge in [-0.1, -0.05) is 12.1 Å². The van der Waals surface area contributed by atoms with Crippen LogP contribution in [-0.4, -0.2) is 32.3 Å². The molecule has 2 rings (SSSR count). The Morgan fingerprint density at radius 3 is 2.73 bits per heavy atom. The number of hydrogen-bond donors (Lipinski definition) is 1. The zero-order valence-electron chi connectivity index (χ0n) is 13.2. The minimum atomic E-state index is -0.136. The van der Waals surface area contributed by atoms with Crippen molar-refractivity contribution < 1.29 is 14.3 Å². The van der Waals surface area contributed by atoms with E-state index in [1.165, 1.54) is 12.8 Å². The number of ether oxygens (including phenoxy) is 2. The summed E-state index contributed by atoms with van der Waals surface area (Å²) in [5.41, 5.74) is 1.13. The van der Waals surface area contributed by atoms with Crippen molar-refractivity contribution in [2.24, 2.45) is 5.92 Å². The van der Waals surface area contributed by atoms with Crippen LogP contribution in [-0.2, 0) is 16.0 Å². The Hall–Kier alpha value is -1.26. The molecule has 1 atom stereocenters. The molecule has 124 valence electrons. The van der Waals surface area contributed by atoms with E-state index in [2.05, 4.69) is 5.32 Å². The quantitative estimate of drug-likeness (QED) is 0.782. The van der Waals surface area contributed by atoms with E-state index in [1.54, 1.807) is 0 Å². The van der Waals surface area contributed by atoms with Crippen LogP contribution in [0.3, 0.4) is 0 Å². The number of halogens is 1. The van der Waals surface area contributed by atoms with Gasteiger partial charge in [0, 0.05) is 18.9 Å². The number of nitrogens with one attached hydrogen (secondary N) is 1. The maximum atomic E-state index is 11.3. The Morgan fingerprint density at radius 1 is 1.32 bits per heavy atom. The maximum Gasteiger partial charge on any atom is 0.306 e. The number of carbonyl (C=O) groups excluding carboxylic acids is 1. The number of carbonyl (C=O) groups is 1. The molecule has 0 spiro atoms. The molecule has 4 nitrogen and oxygen atoms in total. The Bertz CT molecular complexity index is 430. The Balaban J connectivity index is 0.00000242. The van der Waals surface area contributed by atoms with Crippen LogP contribution >= 0.6 is 12.4 Å². The standard InChI is InChI=1S/C17H25NO3.ClH/c1-2-20-17(19)10-7-14-5-8-16(9-6-14)21-13-15-4-3-11-18-12-15;/h5-6,8-9,15,18H,2-4,7,10-13H2,1H3;1H. The highest BCUT2D eigenvalue weighted by Gasteiger charge is 2.13.